The van der Waals surface area contributed by atoms with E-state index in [1.807, 2.05) is 19.9 Å². The minimum Gasteiger partial charge on any atom is -0.458 e. The van der Waals surface area contributed by atoms with Gasteiger partial charge in [-0.25, -0.2) is 4.79 Å². The maximum absolute atomic E-state index is 12.8. The third kappa shape index (κ3) is 4.76. The Labute approximate surface area is 174 Å². The summed E-state index contributed by atoms with van der Waals surface area (Å²) in [5, 5.41) is 39.1. The molecule has 0 amide bonds. The van der Waals surface area contributed by atoms with E-state index >= 15 is 0 Å². The highest BCUT2D eigenvalue weighted by Gasteiger charge is 2.46. The maximum Gasteiger partial charge on any atom is 0.336 e. The molecule has 3 rings (SSSR count). The lowest BCUT2D eigenvalue weighted by atomic mass is 9.84. The fraction of sp³-hybridized carbons (Fsp3) is 0.714. The van der Waals surface area contributed by atoms with Crippen LogP contribution in [-0.4, -0.2) is 75.8 Å². The van der Waals surface area contributed by atoms with Crippen molar-refractivity contribution in [2.75, 3.05) is 6.61 Å². The molecule has 0 aromatic heterocycles. The van der Waals surface area contributed by atoms with Gasteiger partial charge in [0.25, 0.3) is 0 Å². The molecule has 168 valence electrons. The molecule has 0 spiro atoms. The Bertz CT molecular complexity index is 713. The number of aliphatic hydroxyl groups is 4. The normalized spacial score (nSPS) is 43.5. The molecule has 0 radical (unpaired) electrons. The van der Waals surface area contributed by atoms with Gasteiger partial charge < -0.3 is 34.6 Å². The van der Waals surface area contributed by atoms with Crippen LogP contribution in [0.1, 0.15) is 39.5 Å². The van der Waals surface area contributed by atoms with E-state index < -0.39 is 43.3 Å². The zero-order valence-electron chi connectivity index (χ0n) is 17.1. The Morgan fingerprint density at radius 2 is 1.93 bits per heavy atom. The van der Waals surface area contributed by atoms with Crippen LogP contribution in [0.4, 0.5) is 0 Å². The molecule has 8 atom stereocenters. The van der Waals surface area contributed by atoms with Gasteiger partial charge in [0.2, 0.25) is 6.29 Å². The molecule has 2 saturated heterocycles. The summed E-state index contributed by atoms with van der Waals surface area (Å²) in [4.78, 5) is 24.8. The lowest BCUT2D eigenvalue weighted by Crippen LogP contribution is -2.59. The molecule has 30 heavy (non-hydrogen) atoms. The molecule has 0 aromatic rings. The monoisotopic (exact) mass is 426 g/mol. The average molecular weight is 426 g/mol. The number of ether oxygens (including phenoxy) is 3. The molecule has 2 fully saturated rings. The van der Waals surface area contributed by atoms with Crippen molar-refractivity contribution < 1.29 is 44.2 Å². The summed E-state index contributed by atoms with van der Waals surface area (Å²) in [6.07, 6.45) is -1.87. The van der Waals surface area contributed by atoms with Gasteiger partial charge >= 0.3 is 11.9 Å². The van der Waals surface area contributed by atoms with Crippen molar-refractivity contribution in [2.45, 2.75) is 76.3 Å². The van der Waals surface area contributed by atoms with Gasteiger partial charge in [0.15, 0.2) is 0 Å². The average Bonchev–Trinajstić information content (AvgIpc) is 2.97. The number of hydrogen-bond donors (Lipinski definition) is 4. The minimum atomic E-state index is -1.65. The number of aliphatic hydroxyl groups excluding tert-OH is 4. The summed E-state index contributed by atoms with van der Waals surface area (Å²) >= 11 is 0. The zero-order chi connectivity index (χ0) is 22.0. The van der Waals surface area contributed by atoms with E-state index in [1.165, 1.54) is 0 Å². The molecule has 0 unspecified atom stereocenters. The van der Waals surface area contributed by atoms with Crippen LogP contribution in [-0.2, 0) is 23.8 Å². The molecule has 9 heteroatoms. The number of fused-ring (bicyclic) bond motifs is 1. The number of rotatable bonds is 3. The standard InChI is InChI=1S/C21H30O9/c1-10-4-3-5-12(6-7-13-11(2)19(26)28-14(13)8-10)20(27)30-21-18(25)17(24)16(23)15(9-22)29-21/h5,8,11,13-18,21-25H,3-4,6-7,9H2,1-2H3/b10-8+,12-5-/t11-,13-,14+,15+,16+,17-,18+,21-/m0/s1. The van der Waals surface area contributed by atoms with Crippen LogP contribution < -0.4 is 0 Å². The van der Waals surface area contributed by atoms with Crippen LogP contribution in [0.25, 0.3) is 0 Å². The van der Waals surface area contributed by atoms with Crippen molar-refractivity contribution in [2.24, 2.45) is 11.8 Å². The van der Waals surface area contributed by atoms with Crippen molar-refractivity contribution in [3.05, 3.63) is 23.3 Å². The predicted molar refractivity (Wildman–Crippen MR) is 103 cm³/mol. The van der Waals surface area contributed by atoms with E-state index in [0.29, 0.717) is 31.3 Å². The summed E-state index contributed by atoms with van der Waals surface area (Å²) in [5.74, 6) is -1.30. The second-order valence-corrected chi connectivity index (χ2v) is 8.28. The SMILES string of the molecule is C/C1=C\[C@H]2OC(=O)[C@@H](C)[C@@H]2CC/C(C(=O)O[C@@H]2O[C@H](CO)[C@@H](O)[C@H](O)[C@H]2O)=C/CC1. The lowest BCUT2D eigenvalue weighted by Gasteiger charge is -2.39. The molecule has 0 bridgehead atoms. The second kappa shape index (κ2) is 9.57. The fourth-order valence-electron chi connectivity index (χ4n) is 4.15. The van der Waals surface area contributed by atoms with Crippen molar-refractivity contribution in [1.29, 1.82) is 0 Å². The Morgan fingerprint density at radius 1 is 1.20 bits per heavy atom. The molecule has 9 nitrogen and oxygen atoms in total. The van der Waals surface area contributed by atoms with Crippen molar-refractivity contribution in [1.82, 2.24) is 0 Å². The van der Waals surface area contributed by atoms with Crippen LogP contribution in [0.3, 0.4) is 0 Å². The van der Waals surface area contributed by atoms with Gasteiger partial charge in [0, 0.05) is 11.5 Å². The van der Waals surface area contributed by atoms with Crippen LogP contribution in [0.15, 0.2) is 23.3 Å². The molecule has 0 aromatic carbocycles. The van der Waals surface area contributed by atoms with E-state index in [2.05, 4.69) is 0 Å². The molecule has 2 heterocycles. The fourth-order valence-corrected chi connectivity index (χ4v) is 4.15. The van der Waals surface area contributed by atoms with Gasteiger partial charge in [-0.05, 0) is 38.7 Å². The second-order valence-electron chi connectivity index (χ2n) is 8.28. The summed E-state index contributed by atoms with van der Waals surface area (Å²) in [5.41, 5.74) is 1.44. The third-order valence-electron chi connectivity index (χ3n) is 6.15. The summed E-state index contributed by atoms with van der Waals surface area (Å²) < 4.78 is 16.0. The topological polar surface area (TPSA) is 143 Å². The highest BCUT2D eigenvalue weighted by atomic mass is 16.7. The van der Waals surface area contributed by atoms with Crippen LogP contribution in [0, 0.1) is 11.8 Å². The van der Waals surface area contributed by atoms with Crippen LogP contribution >= 0.6 is 0 Å². The molecule has 3 aliphatic rings. The summed E-state index contributed by atoms with van der Waals surface area (Å²) in [7, 11) is 0. The highest BCUT2D eigenvalue weighted by molar-refractivity contribution is 5.88. The van der Waals surface area contributed by atoms with Crippen molar-refractivity contribution >= 4 is 11.9 Å². The molecule has 4 N–H and O–H groups in total. The first-order valence-electron chi connectivity index (χ1n) is 10.3. The van der Waals surface area contributed by atoms with E-state index in [9.17, 15) is 30.0 Å². The van der Waals surface area contributed by atoms with E-state index in [0.717, 1.165) is 5.57 Å². The van der Waals surface area contributed by atoms with Gasteiger partial charge in [0.1, 0.15) is 30.5 Å². The van der Waals surface area contributed by atoms with Crippen LogP contribution in [0.2, 0.25) is 0 Å². The van der Waals surface area contributed by atoms with Gasteiger partial charge in [-0.1, -0.05) is 18.6 Å². The molecule has 1 aliphatic carbocycles. The van der Waals surface area contributed by atoms with Gasteiger partial charge in [-0.2, -0.15) is 0 Å². The molecular weight excluding hydrogens is 396 g/mol. The van der Waals surface area contributed by atoms with Gasteiger partial charge in [-0.15, -0.1) is 0 Å². The maximum atomic E-state index is 12.8. The van der Waals surface area contributed by atoms with E-state index in [1.54, 1.807) is 6.08 Å². The zero-order valence-corrected chi connectivity index (χ0v) is 17.1. The highest BCUT2D eigenvalue weighted by Crippen LogP contribution is 2.35. The van der Waals surface area contributed by atoms with Crippen molar-refractivity contribution in [3.63, 3.8) is 0 Å². The van der Waals surface area contributed by atoms with E-state index in [4.69, 9.17) is 14.2 Å². The first-order valence-corrected chi connectivity index (χ1v) is 10.3. The minimum absolute atomic E-state index is 0.0611. The lowest BCUT2D eigenvalue weighted by molar-refractivity contribution is -0.291. The smallest absolute Gasteiger partial charge is 0.336 e. The van der Waals surface area contributed by atoms with Crippen molar-refractivity contribution in [3.8, 4) is 0 Å². The summed E-state index contributed by atoms with van der Waals surface area (Å²) in [6, 6.07) is 0. The number of carbonyl (C=O) groups excluding carboxylic acids is 2. The van der Waals surface area contributed by atoms with Crippen LogP contribution in [0.5, 0.6) is 0 Å². The third-order valence-corrected chi connectivity index (χ3v) is 6.15. The molecular formula is C21H30O9. The number of esters is 2. The Hall–Kier alpha value is -1.78. The number of allylic oxidation sites excluding steroid dienone is 2. The van der Waals surface area contributed by atoms with Gasteiger partial charge in [0.05, 0.1) is 12.5 Å². The van der Waals surface area contributed by atoms with Gasteiger partial charge in [-0.3, -0.25) is 4.79 Å². The van der Waals surface area contributed by atoms with E-state index in [-0.39, 0.29) is 23.9 Å². The Kier molecular flexibility index (Phi) is 7.30. The molecule has 2 aliphatic heterocycles. The number of carbonyl (C=O) groups is 2. The predicted octanol–water partition coefficient (Wildman–Crippen LogP) is -0.0461. The first-order chi connectivity index (χ1) is 14.2. The quantitative estimate of drug-likeness (QED) is 0.361. The number of hydrogen-bond acceptors (Lipinski definition) is 9. The first kappa shape index (κ1) is 22.9. The largest absolute Gasteiger partial charge is 0.458 e. The Morgan fingerprint density at radius 3 is 2.63 bits per heavy atom. The molecule has 0 saturated carbocycles. The Balaban J connectivity index is 1.72. The summed E-state index contributed by atoms with van der Waals surface area (Å²) in [6.45, 7) is 3.16.